The van der Waals surface area contributed by atoms with Gasteiger partial charge in [0.2, 0.25) is 0 Å². The van der Waals surface area contributed by atoms with Gasteiger partial charge in [0.1, 0.15) is 0 Å². The summed E-state index contributed by atoms with van der Waals surface area (Å²) in [6.07, 6.45) is 2.84. The summed E-state index contributed by atoms with van der Waals surface area (Å²) < 4.78 is 11.1. The van der Waals surface area contributed by atoms with Crippen LogP contribution in [0.2, 0.25) is 0 Å². The van der Waals surface area contributed by atoms with Crippen molar-refractivity contribution < 1.29 is 9.47 Å². The third-order valence-electron chi connectivity index (χ3n) is 2.64. The van der Waals surface area contributed by atoms with Crippen LogP contribution in [0, 0.1) is 0 Å². The van der Waals surface area contributed by atoms with E-state index in [4.69, 9.17) is 9.47 Å². The topological polar surface area (TPSA) is 30.5 Å². The number of ether oxygens (including phenoxy) is 2. The molecule has 0 amide bonds. The average molecular weight is 241 g/mol. The Morgan fingerprint density at radius 2 is 2.56 bits per heavy atom. The molecule has 90 valence electrons. The van der Waals surface area contributed by atoms with Crippen molar-refractivity contribution in [2.75, 3.05) is 26.3 Å². The lowest BCUT2D eigenvalue weighted by Gasteiger charge is -2.10. The van der Waals surface area contributed by atoms with E-state index < -0.39 is 0 Å². The van der Waals surface area contributed by atoms with Gasteiger partial charge in [0.25, 0.3) is 0 Å². The lowest BCUT2D eigenvalue weighted by atomic mass is 10.2. The summed E-state index contributed by atoms with van der Waals surface area (Å²) in [6.45, 7) is 4.30. The van der Waals surface area contributed by atoms with E-state index in [2.05, 4.69) is 22.8 Å². The number of nitrogens with one attached hydrogen (secondary N) is 1. The normalized spacial score (nSPS) is 20.4. The highest BCUT2D eigenvalue weighted by Gasteiger charge is 2.13. The van der Waals surface area contributed by atoms with Gasteiger partial charge in [0.05, 0.1) is 19.3 Å². The lowest BCUT2D eigenvalue weighted by Crippen LogP contribution is -2.29. The molecular weight excluding hydrogens is 222 g/mol. The highest BCUT2D eigenvalue weighted by Crippen LogP contribution is 2.10. The van der Waals surface area contributed by atoms with Gasteiger partial charge in [-0.1, -0.05) is 6.07 Å². The van der Waals surface area contributed by atoms with Gasteiger partial charge in [-0.15, -0.1) is 11.3 Å². The van der Waals surface area contributed by atoms with Crippen molar-refractivity contribution in [3.05, 3.63) is 22.4 Å². The van der Waals surface area contributed by atoms with Crippen molar-refractivity contribution in [2.45, 2.75) is 25.6 Å². The Labute approximate surface area is 101 Å². The molecule has 1 aliphatic heterocycles. The second kappa shape index (κ2) is 7.01. The molecule has 0 radical (unpaired) electrons. The molecule has 1 aromatic heterocycles. The monoisotopic (exact) mass is 241 g/mol. The summed E-state index contributed by atoms with van der Waals surface area (Å²) in [4.78, 5) is 1.29. The van der Waals surface area contributed by atoms with Gasteiger partial charge in [-0.3, -0.25) is 0 Å². The third kappa shape index (κ3) is 4.22. The number of rotatable bonds is 7. The van der Waals surface area contributed by atoms with Crippen molar-refractivity contribution in [3.8, 4) is 0 Å². The van der Waals surface area contributed by atoms with Crippen molar-refractivity contribution in [3.63, 3.8) is 0 Å². The quantitative estimate of drug-likeness (QED) is 0.741. The fourth-order valence-electron chi connectivity index (χ4n) is 1.78. The van der Waals surface area contributed by atoms with Crippen LogP contribution in [-0.4, -0.2) is 32.4 Å². The van der Waals surface area contributed by atoms with Crippen molar-refractivity contribution in [1.29, 1.82) is 0 Å². The van der Waals surface area contributed by atoms with E-state index in [9.17, 15) is 0 Å². The first-order chi connectivity index (χ1) is 7.95. The Morgan fingerprint density at radius 3 is 3.31 bits per heavy atom. The van der Waals surface area contributed by atoms with Gasteiger partial charge in [0, 0.05) is 24.6 Å². The van der Waals surface area contributed by atoms with Crippen LogP contribution in [0.15, 0.2) is 17.5 Å². The van der Waals surface area contributed by atoms with Crippen LogP contribution < -0.4 is 5.32 Å². The molecule has 0 bridgehead atoms. The summed E-state index contributed by atoms with van der Waals surface area (Å²) in [5.74, 6) is 0. The highest BCUT2D eigenvalue weighted by molar-refractivity contribution is 7.09. The van der Waals surface area contributed by atoms with E-state index in [1.807, 2.05) is 0 Å². The summed E-state index contributed by atoms with van der Waals surface area (Å²) in [5.41, 5.74) is 0. The molecule has 1 aromatic rings. The molecule has 1 N–H and O–H groups in total. The van der Waals surface area contributed by atoms with Gasteiger partial charge >= 0.3 is 0 Å². The number of hydrogen-bond donors (Lipinski definition) is 1. The van der Waals surface area contributed by atoms with Gasteiger partial charge in [-0.05, 0) is 24.3 Å². The van der Waals surface area contributed by atoms with E-state index in [1.54, 1.807) is 11.3 Å². The molecule has 2 rings (SSSR count). The van der Waals surface area contributed by atoms with Crippen LogP contribution >= 0.6 is 11.3 Å². The van der Waals surface area contributed by atoms with Crippen LogP contribution in [0.1, 0.15) is 17.7 Å². The van der Waals surface area contributed by atoms with Gasteiger partial charge in [0.15, 0.2) is 0 Å². The van der Waals surface area contributed by atoms with E-state index >= 15 is 0 Å². The molecule has 1 saturated heterocycles. The maximum absolute atomic E-state index is 5.55. The van der Waals surface area contributed by atoms with Crippen molar-refractivity contribution >= 4 is 11.3 Å². The molecule has 2 heterocycles. The zero-order chi connectivity index (χ0) is 11.1. The number of hydrogen-bond acceptors (Lipinski definition) is 4. The first-order valence-corrected chi connectivity index (χ1v) is 6.75. The average Bonchev–Trinajstić information content (AvgIpc) is 2.96. The Morgan fingerprint density at radius 1 is 1.56 bits per heavy atom. The van der Waals surface area contributed by atoms with Crippen LogP contribution in [0.4, 0.5) is 0 Å². The standard InChI is InChI=1S/C12H19NO2S/c1-3-11(15-6-1)9-13-5-7-14-10-12-4-2-8-16-12/h2,4,8,11,13H,1,3,5-7,9-10H2. The fraction of sp³-hybridized carbons (Fsp3) is 0.667. The Balaban J connectivity index is 1.43. The minimum atomic E-state index is 0.428. The highest BCUT2D eigenvalue weighted by atomic mass is 32.1. The Kier molecular flexibility index (Phi) is 5.28. The zero-order valence-corrected chi connectivity index (χ0v) is 10.3. The van der Waals surface area contributed by atoms with E-state index in [0.717, 1.165) is 32.9 Å². The van der Waals surface area contributed by atoms with Crippen molar-refractivity contribution in [1.82, 2.24) is 5.32 Å². The maximum atomic E-state index is 5.55. The minimum Gasteiger partial charge on any atom is -0.377 e. The molecule has 1 aliphatic rings. The van der Waals surface area contributed by atoms with Crippen LogP contribution in [0.5, 0.6) is 0 Å². The van der Waals surface area contributed by atoms with Crippen LogP contribution in [0.3, 0.4) is 0 Å². The van der Waals surface area contributed by atoms with Crippen LogP contribution in [0.25, 0.3) is 0 Å². The summed E-state index contributed by atoms with van der Waals surface area (Å²) in [7, 11) is 0. The van der Waals surface area contributed by atoms with Crippen LogP contribution in [-0.2, 0) is 16.1 Å². The molecule has 0 aromatic carbocycles. The second-order valence-corrected chi connectivity index (χ2v) is 5.00. The van der Waals surface area contributed by atoms with Crippen molar-refractivity contribution in [2.24, 2.45) is 0 Å². The Hall–Kier alpha value is -0.420. The zero-order valence-electron chi connectivity index (χ0n) is 9.48. The molecule has 1 fully saturated rings. The first-order valence-electron chi connectivity index (χ1n) is 5.87. The van der Waals surface area contributed by atoms with Gasteiger partial charge < -0.3 is 14.8 Å². The predicted molar refractivity (Wildman–Crippen MR) is 65.8 cm³/mol. The van der Waals surface area contributed by atoms with E-state index in [1.165, 1.54) is 17.7 Å². The second-order valence-electron chi connectivity index (χ2n) is 3.97. The summed E-state index contributed by atoms with van der Waals surface area (Å²) in [6, 6.07) is 4.16. The Bertz CT molecular complexity index is 271. The number of thiophene rings is 1. The van der Waals surface area contributed by atoms with E-state index in [0.29, 0.717) is 6.10 Å². The fourth-order valence-corrected chi connectivity index (χ4v) is 2.42. The van der Waals surface area contributed by atoms with E-state index in [-0.39, 0.29) is 0 Å². The molecule has 1 unspecified atom stereocenters. The molecular formula is C12H19NO2S. The predicted octanol–water partition coefficient (Wildman–Crippen LogP) is 2.03. The summed E-state index contributed by atoms with van der Waals surface area (Å²) in [5, 5.41) is 5.44. The molecule has 0 spiro atoms. The molecule has 0 aliphatic carbocycles. The first kappa shape index (κ1) is 12.0. The molecule has 3 nitrogen and oxygen atoms in total. The minimum absolute atomic E-state index is 0.428. The lowest BCUT2D eigenvalue weighted by molar-refractivity contribution is 0.0992. The molecule has 4 heteroatoms. The van der Waals surface area contributed by atoms with Gasteiger partial charge in [-0.2, -0.15) is 0 Å². The smallest absolute Gasteiger partial charge is 0.0809 e. The molecule has 1 atom stereocenters. The largest absolute Gasteiger partial charge is 0.377 e. The SMILES string of the molecule is c1csc(COCCNCC2CCCO2)c1. The third-order valence-corrected chi connectivity index (χ3v) is 3.49. The summed E-state index contributed by atoms with van der Waals surface area (Å²) >= 11 is 1.74. The molecule has 16 heavy (non-hydrogen) atoms. The molecule has 0 saturated carbocycles. The van der Waals surface area contributed by atoms with Gasteiger partial charge in [-0.25, -0.2) is 0 Å². The maximum Gasteiger partial charge on any atom is 0.0809 e.